The molecule has 25 heavy (non-hydrogen) atoms. The Labute approximate surface area is 148 Å². The predicted molar refractivity (Wildman–Crippen MR) is 94.0 cm³/mol. The topological polar surface area (TPSA) is 81.7 Å². The van der Waals surface area contributed by atoms with Crippen LogP contribution in [0.4, 0.5) is 0 Å². The zero-order valence-electron chi connectivity index (χ0n) is 13.8. The molecule has 2 rings (SSSR count). The zero-order chi connectivity index (χ0) is 18.1. The van der Waals surface area contributed by atoms with Gasteiger partial charge in [-0.05, 0) is 36.4 Å². The standard InChI is InChI=1S/C18H19NO5S/c1-25(22)16-9-7-14(8-10-16)18(21)24-13-17(20)19-11-12-23-15-5-3-2-4-6-15/h2-10H,11-13H2,1H3,(H,19,20). The Balaban J connectivity index is 1.67. The summed E-state index contributed by atoms with van der Waals surface area (Å²) < 4.78 is 21.7. The second-order valence-corrected chi connectivity index (χ2v) is 6.45. The van der Waals surface area contributed by atoms with Crippen LogP contribution in [0.1, 0.15) is 10.4 Å². The summed E-state index contributed by atoms with van der Waals surface area (Å²) >= 11 is 0. The van der Waals surface area contributed by atoms with Crippen molar-refractivity contribution in [1.29, 1.82) is 0 Å². The lowest BCUT2D eigenvalue weighted by atomic mass is 10.2. The van der Waals surface area contributed by atoms with Crippen LogP contribution in [0.25, 0.3) is 0 Å². The van der Waals surface area contributed by atoms with Gasteiger partial charge in [0, 0.05) is 22.0 Å². The lowest BCUT2D eigenvalue weighted by Gasteiger charge is -2.08. The van der Waals surface area contributed by atoms with E-state index in [2.05, 4.69) is 5.32 Å². The molecule has 0 radical (unpaired) electrons. The fraction of sp³-hybridized carbons (Fsp3) is 0.222. The average Bonchev–Trinajstić information content (AvgIpc) is 2.64. The molecule has 1 amide bonds. The first-order chi connectivity index (χ1) is 12.1. The summed E-state index contributed by atoms with van der Waals surface area (Å²) in [5, 5.41) is 2.60. The maximum Gasteiger partial charge on any atom is 0.338 e. The summed E-state index contributed by atoms with van der Waals surface area (Å²) in [4.78, 5) is 24.1. The third-order valence-corrected chi connectivity index (χ3v) is 4.13. The molecule has 6 nitrogen and oxygen atoms in total. The highest BCUT2D eigenvalue weighted by Crippen LogP contribution is 2.09. The molecule has 0 heterocycles. The first-order valence-corrected chi connectivity index (χ1v) is 9.17. The SMILES string of the molecule is CS(=O)c1ccc(C(=O)OCC(=O)NCCOc2ccccc2)cc1. The average molecular weight is 361 g/mol. The molecule has 0 bridgehead atoms. The summed E-state index contributed by atoms with van der Waals surface area (Å²) in [6.07, 6.45) is 1.55. The van der Waals surface area contributed by atoms with E-state index in [4.69, 9.17) is 9.47 Å². The number of hydrogen-bond donors (Lipinski definition) is 1. The molecule has 0 saturated heterocycles. The number of para-hydroxylation sites is 1. The molecule has 0 aliphatic carbocycles. The number of ether oxygens (including phenoxy) is 2. The van der Waals surface area contributed by atoms with E-state index in [1.54, 1.807) is 18.4 Å². The first kappa shape index (κ1) is 18.7. The molecule has 2 aromatic rings. The third-order valence-electron chi connectivity index (χ3n) is 3.19. The molecular weight excluding hydrogens is 342 g/mol. The molecule has 2 aromatic carbocycles. The van der Waals surface area contributed by atoms with E-state index < -0.39 is 22.7 Å². The maximum atomic E-state index is 11.8. The van der Waals surface area contributed by atoms with Crippen molar-refractivity contribution in [2.75, 3.05) is 26.0 Å². The number of esters is 1. The molecule has 7 heteroatoms. The van der Waals surface area contributed by atoms with Crippen LogP contribution in [-0.4, -0.2) is 42.1 Å². The molecule has 0 aliphatic rings. The predicted octanol–water partition coefficient (Wildman–Crippen LogP) is 1.78. The second kappa shape index (κ2) is 9.58. The van der Waals surface area contributed by atoms with Crippen LogP contribution < -0.4 is 10.1 Å². The largest absolute Gasteiger partial charge is 0.492 e. The van der Waals surface area contributed by atoms with Gasteiger partial charge in [-0.2, -0.15) is 0 Å². The Hall–Kier alpha value is -2.67. The molecule has 0 aliphatic heterocycles. The molecule has 0 spiro atoms. The number of nitrogens with one attached hydrogen (secondary N) is 1. The number of carbonyl (C=O) groups is 2. The van der Waals surface area contributed by atoms with Gasteiger partial charge in [0.15, 0.2) is 6.61 Å². The van der Waals surface area contributed by atoms with Crippen LogP contribution in [0.2, 0.25) is 0 Å². The molecule has 132 valence electrons. The first-order valence-electron chi connectivity index (χ1n) is 7.61. The van der Waals surface area contributed by atoms with Crippen LogP contribution in [0.15, 0.2) is 59.5 Å². The molecule has 1 atom stereocenters. The summed E-state index contributed by atoms with van der Waals surface area (Å²) in [5.74, 6) is -0.292. The van der Waals surface area contributed by atoms with E-state index in [1.165, 1.54) is 12.1 Å². The van der Waals surface area contributed by atoms with Crippen LogP contribution in [0, 0.1) is 0 Å². The summed E-state index contributed by atoms with van der Waals surface area (Å²) in [7, 11) is -1.11. The van der Waals surface area contributed by atoms with Crippen LogP contribution in [0.5, 0.6) is 5.75 Å². The van der Waals surface area contributed by atoms with E-state index >= 15 is 0 Å². The number of amides is 1. The molecule has 1 N–H and O–H groups in total. The summed E-state index contributed by atoms with van der Waals surface area (Å²) in [6.45, 7) is 0.257. The van der Waals surface area contributed by atoms with Gasteiger partial charge in [0.1, 0.15) is 12.4 Å². The minimum absolute atomic E-state index is 0.300. The monoisotopic (exact) mass is 361 g/mol. The van der Waals surface area contributed by atoms with Gasteiger partial charge in [-0.3, -0.25) is 9.00 Å². The Morgan fingerprint density at radius 1 is 1.04 bits per heavy atom. The highest BCUT2D eigenvalue weighted by atomic mass is 32.2. The number of rotatable bonds is 8. The van der Waals surface area contributed by atoms with Gasteiger partial charge in [-0.1, -0.05) is 18.2 Å². The van der Waals surface area contributed by atoms with Crippen molar-refractivity contribution in [3.05, 3.63) is 60.2 Å². The summed E-state index contributed by atoms with van der Waals surface area (Å²) in [5.41, 5.74) is 0.300. The van der Waals surface area contributed by atoms with Crippen molar-refractivity contribution in [2.24, 2.45) is 0 Å². The lowest BCUT2D eigenvalue weighted by Crippen LogP contribution is -2.32. The van der Waals surface area contributed by atoms with Gasteiger partial charge in [0.05, 0.1) is 12.1 Å². The van der Waals surface area contributed by atoms with Crippen LogP contribution in [0.3, 0.4) is 0 Å². The normalized spacial score (nSPS) is 11.4. The Bertz CT molecular complexity index is 731. The van der Waals surface area contributed by atoms with Gasteiger partial charge in [0.25, 0.3) is 5.91 Å². The minimum atomic E-state index is -1.11. The molecule has 0 saturated carbocycles. The number of benzene rings is 2. The van der Waals surface area contributed by atoms with E-state index in [1.807, 2.05) is 30.3 Å². The highest BCUT2D eigenvalue weighted by molar-refractivity contribution is 7.84. The van der Waals surface area contributed by atoms with E-state index in [0.29, 0.717) is 23.6 Å². The lowest BCUT2D eigenvalue weighted by molar-refractivity contribution is -0.124. The van der Waals surface area contributed by atoms with Gasteiger partial charge in [-0.15, -0.1) is 0 Å². The van der Waals surface area contributed by atoms with Crippen molar-refractivity contribution in [3.8, 4) is 5.75 Å². The molecule has 1 unspecified atom stereocenters. The highest BCUT2D eigenvalue weighted by Gasteiger charge is 2.10. The minimum Gasteiger partial charge on any atom is -0.492 e. The van der Waals surface area contributed by atoms with E-state index in [9.17, 15) is 13.8 Å². The fourth-order valence-electron chi connectivity index (χ4n) is 1.92. The quantitative estimate of drug-likeness (QED) is 0.572. The number of hydrogen-bond acceptors (Lipinski definition) is 5. The van der Waals surface area contributed by atoms with Crippen molar-refractivity contribution in [2.45, 2.75) is 4.90 Å². The Morgan fingerprint density at radius 2 is 1.72 bits per heavy atom. The number of carbonyl (C=O) groups excluding carboxylic acids is 2. The van der Waals surface area contributed by atoms with E-state index in [-0.39, 0.29) is 6.61 Å². The molecule has 0 fully saturated rings. The van der Waals surface area contributed by atoms with Crippen LogP contribution in [-0.2, 0) is 20.3 Å². The molecule has 0 aromatic heterocycles. The van der Waals surface area contributed by atoms with Gasteiger partial charge >= 0.3 is 5.97 Å². The third kappa shape index (κ3) is 6.39. The Morgan fingerprint density at radius 3 is 2.36 bits per heavy atom. The van der Waals surface area contributed by atoms with Gasteiger partial charge < -0.3 is 14.8 Å². The fourth-order valence-corrected chi connectivity index (χ4v) is 2.44. The van der Waals surface area contributed by atoms with Gasteiger partial charge in [0.2, 0.25) is 0 Å². The molecular formula is C18H19NO5S. The van der Waals surface area contributed by atoms with Crippen molar-refractivity contribution in [1.82, 2.24) is 5.32 Å². The maximum absolute atomic E-state index is 11.8. The van der Waals surface area contributed by atoms with Crippen LogP contribution >= 0.6 is 0 Å². The second-order valence-electron chi connectivity index (χ2n) is 5.07. The zero-order valence-corrected chi connectivity index (χ0v) is 14.6. The Kier molecular flexibility index (Phi) is 7.16. The van der Waals surface area contributed by atoms with Crippen molar-refractivity contribution >= 4 is 22.7 Å². The smallest absolute Gasteiger partial charge is 0.338 e. The van der Waals surface area contributed by atoms with Crippen molar-refractivity contribution in [3.63, 3.8) is 0 Å². The van der Waals surface area contributed by atoms with E-state index in [0.717, 1.165) is 5.75 Å². The van der Waals surface area contributed by atoms with Gasteiger partial charge in [-0.25, -0.2) is 4.79 Å². The summed E-state index contributed by atoms with van der Waals surface area (Å²) in [6, 6.07) is 15.5. The van der Waals surface area contributed by atoms with Crippen molar-refractivity contribution < 1.29 is 23.3 Å².